The van der Waals surface area contributed by atoms with E-state index in [1.54, 1.807) is 10.7 Å². The Bertz CT molecular complexity index is 491. The lowest BCUT2D eigenvalue weighted by Gasteiger charge is -2.06. The summed E-state index contributed by atoms with van der Waals surface area (Å²) in [7, 11) is 3.71. The molecule has 0 atom stereocenters. The van der Waals surface area contributed by atoms with E-state index in [9.17, 15) is 4.39 Å². The molecule has 0 bridgehead atoms. The summed E-state index contributed by atoms with van der Waals surface area (Å²) in [5.74, 6) is -0.236. The molecule has 0 aliphatic carbocycles. The zero-order valence-corrected chi connectivity index (χ0v) is 9.37. The largest absolute Gasteiger partial charge is 0.316 e. The van der Waals surface area contributed by atoms with E-state index in [0.29, 0.717) is 6.54 Å². The Balaban J connectivity index is 2.48. The van der Waals surface area contributed by atoms with E-state index in [-0.39, 0.29) is 5.82 Å². The van der Waals surface area contributed by atoms with Crippen molar-refractivity contribution in [2.75, 3.05) is 7.05 Å². The maximum absolute atomic E-state index is 13.2. The van der Waals surface area contributed by atoms with E-state index in [0.717, 1.165) is 16.8 Å². The normalized spacial score (nSPS) is 10.7. The fraction of sp³-hybridized carbons (Fsp3) is 0.250. The standard InChI is InChI=1S/C12H14FN3/c1-14-8-9-3-4-10(13)7-11(9)12-5-6-16(2)15-12/h3-7,14H,8H2,1-2H3. The Morgan fingerprint density at radius 3 is 2.81 bits per heavy atom. The lowest BCUT2D eigenvalue weighted by Crippen LogP contribution is -2.06. The lowest BCUT2D eigenvalue weighted by molar-refractivity contribution is 0.626. The maximum atomic E-state index is 13.2. The summed E-state index contributed by atoms with van der Waals surface area (Å²) in [6, 6.07) is 6.66. The molecule has 1 heterocycles. The van der Waals surface area contributed by atoms with E-state index in [1.165, 1.54) is 12.1 Å². The van der Waals surface area contributed by atoms with Gasteiger partial charge in [0.25, 0.3) is 0 Å². The van der Waals surface area contributed by atoms with Crippen molar-refractivity contribution in [3.63, 3.8) is 0 Å². The molecule has 1 aromatic heterocycles. The Morgan fingerprint density at radius 1 is 1.38 bits per heavy atom. The van der Waals surface area contributed by atoms with Crippen LogP contribution < -0.4 is 5.32 Å². The zero-order valence-electron chi connectivity index (χ0n) is 9.37. The zero-order chi connectivity index (χ0) is 11.5. The van der Waals surface area contributed by atoms with Crippen LogP contribution in [0.1, 0.15) is 5.56 Å². The van der Waals surface area contributed by atoms with E-state index in [4.69, 9.17) is 0 Å². The molecular weight excluding hydrogens is 205 g/mol. The summed E-state index contributed by atoms with van der Waals surface area (Å²) in [6.07, 6.45) is 1.85. The first-order chi connectivity index (χ1) is 7.70. The number of halogens is 1. The summed E-state index contributed by atoms with van der Waals surface area (Å²) in [5, 5.41) is 7.35. The molecule has 4 heteroatoms. The van der Waals surface area contributed by atoms with Gasteiger partial charge in [0, 0.05) is 25.4 Å². The third-order valence-electron chi connectivity index (χ3n) is 2.43. The summed E-state index contributed by atoms with van der Waals surface area (Å²) < 4.78 is 14.9. The van der Waals surface area contributed by atoms with Crippen LogP contribution in [0, 0.1) is 5.82 Å². The van der Waals surface area contributed by atoms with Gasteiger partial charge in [0.15, 0.2) is 0 Å². The molecule has 1 N–H and O–H groups in total. The highest BCUT2D eigenvalue weighted by atomic mass is 19.1. The molecule has 0 spiro atoms. The van der Waals surface area contributed by atoms with E-state index in [2.05, 4.69) is 10.4 Å². The predicted octanol–water partition coefficient (Wildman–Crippen LogP) is 1.95. The lowest BCUT2D eigenvalue weighted by atomic mass is 10.0. The third-order valence-corrected chi connectivity index (χ3v) is 2.43. The number of benzene rings is 1. The van der Waals surface area contributed by atoms with Gasteiger partial charge in [-0.15, -0.1) is 0 Å². The number of aromatic nitrogens is 2. The van der Waals surface area contributed by atoms with Gasteiger partial charge >= 0.3 is 0 Å². The van der Waals surface area contributed by atoms with Gasteiger partial charge in [-0.25, -0.2) is 4.39 Å². The number of hydrogen-bond acceptors (Lipinski definition) is 2. The van der Waals surface area contributed by atoms with E-state index in [1.807, 2.05) is 26.4 Å². The molecule has 0 aliphatic heterocycles. The molecule has 1 aromatic carbocycles. The highest BCUT2D eigenvalue weighted by molar-refractivity contribution is 5.63. The number of hydrogen-bond donors (Lipinski definition) is 1. The molecule has 84 valence electrons. The molecule has 16 heavy (non-hydrogen) atoms. The van der Waals surface area contributed by atoms with Crippen molar-refractivity contribution >= 4 is 0 Å². The van der Waals surface area contributed by atoms with Gasteiger partial charge in [0.1, 0.15) is 5.82 Å². The quantitative estimate of drug-likeness (QED) is 0.855. The van der Waals surface area contributed by atoms with Crippen molar-refractivity contribution in [2.24, 2.45) is 7.05 Å². The molecule has 2 aromatic rings. The first-order valence-corrected chi connectivity index (χ1v) is 5.14. The molecule has 3 nitrogen and oxygen atoms in total. The predicted molar refractivity (Wildman–Crippen MR) is 61.4 cm³/mol. The molecule has 0 saturated heterocycles. The summed E-state index contributed by atoms with van der Waals surface area (Å²) in [5.41, 5.74) is 2.69. The number of aryl methyl sites for hydroxylation is 1. The topological polar surface area (TPSA) is 29.9 Å². The first kappa shape index (κ1) is 10.8. The average Bonchev–Trinajstić information content (AvgIpc) is 2.68. The fourth-order valence-corrected chi connectivity index (χ4v) is 1.69. The van der Waals surface area contributed by atoms with Crippen molar-refractivity contribution in [2.45, 2.75) is 6.54 Å². The van der Waals surface area contributed by atoms with E-state index < -0.39 is 0 Å². The maximum Gasteiger partial charge on any atom is 0.123 e. The van der Waals surface area contributed by atoms with Gasteiger partial charge in [-0.1, -0.05) is 6.07 Å². The Kier molecular flexibility index (Phi) is 3.01. The first-order valence-electron chi connectivity index (χ1n) is 5.14. The van der Waals surface area contributed by atoms with Crippen LogP contribution in [0.2, 0.25) is 0 Å². The second kappa shape index (κ2) is 4.45. The van der Waals surface area contributed by atoms with Gasteiger partial charge in [0.05, 0.1) is 5.69 Å². The van der Waals surface area contributed by atoms with Crippen LogP contribution in [0.3, 0.4) is 0 Å². The molecule has 0 saturated carbocycles. The van der Waals surface area contributed by atoms with Crippen LogP contribution in [0.25, 0.3) is 11.3 Å². The van der Waals surface area contributed by atoms with Crippen LogP contribution in [0.15, 0.2) is 30.5 Å². The van der Waals surface area contributed by atoms with Gasteiger partial charge in [-0.3, -0.25) is 4.68 Å². The van der Waals surface area contributed by atoms with Gasteiger partial charge in [-0.2, -0.15) is 5.10 Å². The third kappa shape index (κ3) is 2.12. The minimum atomic E-state index is -0.236. The van der Waals surface area contributed by atoms with Crippen LogP contribution in [0.5, 0.6) is 0 Å². The second-order valence-electron chi connectivity index (χ2n) is 3.71. The van der Waals surface area contributed by atoms with Crippen molar-refractivity contribution in [3.05, 3.63) is 41.8 Å². The molecule has 0 amide bonds. The smallest absolute Gasteiger partial charge is 0.123 e. The molecule has 0 unspecified atom stereocenters. The highest BCUT2D eigenvalue weighted by Crippen LogP contribution is 2.22. The average molecular weight is 219 g/mol. The molecular formula is C12H14FN3. The molecule has 2 rings (SSSR count). The Hall–Kier alpha value is -1.68. The molecule has 0 aliphatic rings. The monoisotopic (exact) mass is 219 g/mol. The molecule has 0 radical (unpaired) electrons. The summed E-state index contributed by atoms with van der Waals surface area (Å²) >= 11 is 0. The van der Waals surface area contributed by atoms with Crippen molar-refractivity contribution < 1.29 is 4.39 Å². The van der Waals surface area contributed by atoms with Crippen LogP contribution in [0.4, 0.5) is 4.39 Å². The van der Waals surface area contributed by atoms with E-state index >= 15 is 0 Å². The minimum absolute atomic E-state index is 0.236. The molecule has 0 fully saturated rings. The fourth-order valence-electron chi connectivity index (χ4n) is 1.69. The van der Waals surface area contributed by atoms with Crippen LogP contribution >= 0.6 is 0 Å². The SMILES string of the molecule is CNCc1ccc(F)cc1-c1ccn(C)n1. The highest BCUT2D eigenvalue weighted by Gasteiger charge is 2.08. The number of rotatable bonds is 3. The number of nitrogens with one attached hydrogen (secondary N) is 1. The van der Waals surface area contributed by atoms with Crippen molar-refractivity contribution in [1.29, 1.82) is 0 Å². The minimum Gasteiger partial charge on any atom is -0.316 e. The van der Waals surface area contributed by atoms with Crippen LogP contribution in [-0.2, 0) is 13.6 Å². The van der Waals surface area contributed by atoms with Gasteiger partial charge in [-0.05, 0) is 30.8 Å². The summed E-state index contributed by atoms with van der Waals surface area (Å²) in [4.78, 5) is 0. The Labute approximate surface area is 93.9 Å². The van der Waals surface area contributed by atoms with Crippen molar-refractivity contribution in [3.8, 4) is 11.3 Å². The Morgan fingerprint density at radius 2 is 2.19 bits per heavy atom. The second-order valence-corrected chi connectivity index (χ2v) is 3.71. The van der Waals surface area contributed by atoms with Gasteiger partial charge in [0.2, 0.25) is 0 Å². The van der Waals surface area contributed by atoms with Crippen molar-refractivity contribution in [1.82, 2.24) is 15.1 Å². The van der Waals surface area contributed by atoms with Crippen LogP contribution in [-0.4, -0.2) is 16.8 Å². The summed E-state index contributed by atoms with van der Waals surface area (Å²) in [6.45, 7) is 0.701. The number of nitrogens with zero attached hydrogens (tertiary/aromatic N) is 2. The van der Waals surface area contributed by atoms with Gasteiger partial charge < -0.3 is 5.32 Å².